The van der Waals surface area contributed by atoms with Crippen molar-refractivity contribution >= 4 is 17.5 Å². The Labute approximate surface area is 185 Å². The van der Waals surface area contributed by atoms with E-state index in [0.717, 1.165) is 36.8 Å². The van der Waals surface area contributed by atoms with Crippen LogP contribution in [0.25, 0.3) is 16.8 Å². The molecule has 4 heterocycles. The molecule has 32 heavy (non-hydrogen) atoms. The minimum atomic E-state index is -0.211. The zero-order valence-corrected chi connectivity index (χ0v) is 18.2. The molecule has 9 heteroatoms. The molecular formula is C23H26N8O. The van der Waals surface area contributed by atoms with E-state index in [-0.39, 0.29) is 23.9 Å². The maximum Gasteiger partial charge on any atom is 0.270 e. The predicted octanol–water partition coefficient (Wildman–Crippen LogP) is 3.02. The Kier molecular flexibility index (Phi) is 5.08. The number of aromatic nitrogens is 6. The molecule has 0 radical (unpaired) electrons. The highest BCUT2D eigenvalue weighted by Gasteiger charge is 2.23. The first-order valence-corrected chi connectivity index (χ1v) is 11.0. The van der Waals surface area contributed by atoms with Gasteiger partial charge in [-0.3, -0.25) is 14.5 Å². The van der Waals surface area contributed by atoms with E-state index in [2.05, 4.69) is 31.5 Å². The lowest BCUT2D eigenvalue weighted by Crippen LogP contribution is -2.33. The standard InChI is InChI=1S/C23H26N8O/c1-3-14(2)27-22(32)20-9-16(10-21-28-23(24)29-31(20)21)17-12-26-30(13-17)19-6-4-5-15-11-25-8-7-18(15)19/h7-14,19H,3-6H2,1-2H3,(H2,24,29)(H,27,32)/t14-,19?/m0/s1. The summed E-state index contributed by atoms with van der Waals surface area (Å²) in [5.74, 6) is -0.0833. The molecule has 0 bridgehead atoms. The molecule has 0 spiro atoms. The van der Waals surface area contributed by atoms with E-state index in [0.29, 0.717) is 11.3 Å². The van der Waals surface area contributed by atoms with E-state index < -0.39 is 0 Å². The average Bonchev–Trinajstić information content (AvgIpc) is 3.44. The maximum absolute atomic E-state index is 12.9. The number of rotatable bonds is 5. The number of carbonyl (C=O) groups excluding carboxylic acids is 1. The van der Waals surface area contributed by atoms with Gasteiger partial charge in [-0.1, -0.05) is 6.92 Å². The Bertz CT molecular complexity index is 1290. The molecule has 1 aliphatic carbocycles. The summed E-state index contributed by atoms with van der Waals surface area (Å²) in [5.41, 5.74) is 11.1. The fourth-order valence-electron chi connectivity index (χ4n) is 4.27. The summed E-state index contributed by atoms with van der Waals surface area (Å²) in [6, 6.07) is 6.01. The Morgan fingerprint density at radius 2 is 2.19 bits per heavy atom. The molecular weight excluding hydrogens is 404 g/mol. The first kappa shape index (κ1) is 20.2. The summed E-state index contributed by atoms with van der Waals surface area (Å²) in [6.45, 7) is 3.99. The van der Waals surface area contributed by atoms with Gasteiger partial charge in [-0.15, -0.1) is 5.10 Å². The van der Waals surface area contributed by atoms with Crippen molar-refractivity contribution in [3.05, 3.63) is 59.8 Å². The van der Waals surface area contributed by atoms with Crippen molar-refractivity contribution in [3.8, 4) is 11.1 Å². The largest absolute Gasteiger partial charge is 0.366 e. The van der Waals surface area contributed by atoms with E-state index in [1.54, 1.807) is 0 Å². The van der Waals surface area contributed by atoms with E-state index in [4.69, 9.17) is 5.73 Å². The number of anilines is 1. The Hall–Kier alpha value is -3.75. The smallest absolute Gasteiger partial charge is 0.270 e. The van der Waals surface area contributed by atoms with Gasteiger partial charge < -0.3 is 11.1 Å². The van der Waals surface area contributed by atoms with Crippen LogP contribution < -0.4 is 11.1 Å². The van der Waals surface area contributed by atoms with E-state index in [1.165, 1.54) is 15.6 Å². The molecule has 2 atom stereocenters. The molecule has 5 rings (SSSR count). The molecule has 0 aromatic carbocycles. The molecule has 1 amide bonds. The maximum atomic E-state index is 12.9. The zero-order chi connectivity index (χ0) is 22.2. The van der Waals surface area contributed by atoms with Crippen LogP contribution >= 0.6 is 0 Å². The SMILES string of the molecule is CC[C@H](C)NC(=O)c1cc(-c2cnn(C3CCCc4cnccc43)c2)cc2nc(N)nn12. The second-order valence-corrected chi connectivity index (χ2v) is 8.34. The fraction of sp³-hybridized carbons (Fsp3) is 0.348. The summed E-state index contributed by atoms with van der Waals surface area (Å²) >= 11 is 0. The van der Waals surface area contributed by atoms with Crippen LogP contribution in [-0.4, -0.2) is 41.3 Å². The van der Waals surface area contributed by atoms with Gasteiger partial charge in [-0.2, -0.15) is 10.1 Å². The van der Waals surface area contributed by atoms with E-state index in [1.807, 2.05) is 55.4 Å². The van der Waals surface area contributed by atoms with Crippen LogP contribution in [0.3, 0.4) is 0 Å². The van der Waals surface area contributed by atoms with Crippen LogP contribution in [0.1, 0.15) is 60.8 Å². The average molecular weight is 431 g/mol. The molecule has 0 aliphatic heterocycles. The number of hydrogen-bond donors (Lipinski definition) is 2. The van der Waals surface area contributed by atoms with Gasteiger partial charge >= 0.3 is 0 Å². The van der Waals surface area contributed by atoms with Crippen LogP contribution in [0, 0.1) is 0 Å². The third kappa shape index (κ3) is 3.59. The lowest BCUT2D eigenvalue weighted by atomic mass is 9.89. The molecule has 1 aliphatic rings. The molecule has 0 saturated heterocycles. The molecule has 0 fully saturated rings. The van der Waals surface area contributed by atoms with Crippen LogP contribution in [0.2, 0.25) is 0 Å². The van der Waals surface area contributed by atoms with Crippen molar-refractivity contribution < 1.29 is 4.79 Å². The van der Waals surface area contributed by atoms with Gasteiger partial charge in [0.1, 0.15) is 5.69 Å². The Morgan fingerprint density at radius 3 is 3.03 bits per heavy atom. The lowest BCUT2D eigenvalue weighted by molar-refractivity contribution is 0.0932. The number of pyridine rings is 2. The summed E-state index contributed by atoms with van der Waals surface area (Å²) in [5, 5.41) is 11.9. The van der Waals surface area contributed by atoms with E-state index >= 15 is 0 Å². The summed E-state index contributed by atoms with van der Waals surface area (Å²) in [4.78, 5) is 21.5. The fourth-order valence-corrected chi connectivity index (χ4v) is 4.27. The van der Waals surface area contributed by atoms with Gasteiger partial charge in [0.2, 0.25) is 5.95 Å². The number of fused-ring (bicyclic) bond motifs is 2. The molecule has 4 aromatic heterocycles. The summed E-state index contributed by atoms with van der Waals surface area (Å²) in [6.07, 6.45) is 11.7. The number of hydrogen-bond acceptors (Lipinski definition) is 6. The number of nitrogens with one attached hydrogen (secondary N) is 1. The first-order chi connectivity index (χ1) is 15.5. The normalized spacial score (nSPS) is 16.6. The van der Waals surface area contributed by atoms with Crippen molar-refractivity contribution in [2.75, 3.05) is 5.73 Å². The van der Waals surface area contributed by atoms with E-state index in [9.17, 15) is 4.79 Å². The number of amides is 1. The molecule has 4 aromatic rings. The number of nitrogens with two attached hydrogens (primary N) is 1. The molecule has 1 unspecified atom stereocenters. The first-order valence-electron chi connectivity index (χ1n) is 11.0. The minimum Gasteiger partial charge on any atom is -0.366 e. The number of aryl methyl sites for hydroxylation is 1. The van der Waals surface area contributed by atoms with Gasteiger partial charge in [0.25, 0.3) is 5.91 Å². The number of nitrogens with zero attached hydrogens (tertiary/aromatic N) is 6. The third-order valence-electron chi connectivity index (χ3n) is 6.15. The predicted molar refractivity (Wildman–Crippen MR) is 121 cm³/mol. The second kappa shape index (κ2) is 8.07. The van der Waals surface area contributed by atoms with Crippen molar-refractivity contribution in [2.45, 2.75) is 51.6 Å². The second-order valence-electron chi connectivity index (χ2n) is 8.34. The molecule has 164 valence electrons. The molecule has 3 N–H and O–H groups in total. The van der Waals surface area contributed by atoms with Crippen LogP contribution in [0.4, 0.5) is 5.95 Å². The van der Waals surface area contributed by atoms with Gasteiger partial charge in [0, 0.05) is 30.2 Å². The third-order valence-corrected chi connectivity index (χ3v) is 6.15. The van der Waals surface area contributed by atoms with Crippen molar-refractivity contribution in [1.82, 2.24) is 34.7 Å². The Morgan fingerprint density at radius 1 is 1.31 bits per heavy atom. The summed E-state index contributed by atoms with van der Waals surface area (Å²) < 4.78 is 3.50. The highest BCUT2D eigenvalue weighted by molar-refractivity contribution is 5.95. The van der Waals surface area contributed by atoms with Crippen LogP contribution in [-0.2, 0) is 6.42 Å². The van der Waals surface area contributed by atoms with Crippen molar-refractivity contribution in [2.24, 2.45) is 0 Å². The number of nitrogen functional groups attached to an aromatic ring is 1. The molecule has 9 nitrogen and oxygen atoms in total. The van der Waals surface area contributed by atoms with Gasteiger partial charge in [-0.05, 0) is 67.5 Å². The monoisotopic (exact) mass is 430 g/mol. The topological polar surface area (TPSA) is 116 Å². The zero-order valence-electron chi connectivity index (χ0n) is 18.2. The lowest BCUT2D eigenvalue weighted by Gasteiger charge is -2.25. The van der Waals surface area contributed by atoms with Gasteiger partial charge in [-0.25, -0.2) is 4.52 Å². The van der Waals surface area contributed by atoms with Gasteiger partial charge in [0.05, 0.1) is 12.2 Å². The highest BCUT2D eigenvalue weighted by atomic mass is 16.2. The molecule has 0 saturated carbocycles. The van der Waals surface area contributed by atoms with Crippen LogP contribution in [0.5, 0.6) is 0 Å². The highest BCUT2D eigenvalue weighted by Crippen LogP contribution is 2.33. The van der Waals surface area contributed by atoms with Crippen molar-refractivity contribution in [1.29, 1.82) is 0 Å². The van der Waals surface area contributed by atoms with Crippen molar-refractivity contribution in [3.63, 3.8) is 0 Å². The quantitative estimate of drug-likeness (QED) is 0.503. The summed E-state index contributed by atoms with van der Waals surface area (Å²) in [7, 11) is 0. The van der Waals surface area contributed by atoms with Gasteiger partial charge in [0.15, 0.2) is 5.65 Å². The minimum absolute atomic E-state index is 0.0469. The number of carbonyl (C=O) groups is 1. The Balaban J connectivity index is 1.54. The van der Waals surface area contributed by atoms with Crippen LogP contribution in [0.15, 0.2) is 43.0 Å².